The normalized spacial score (nSPS) is 10.6. The van der Waals surface area contributed by atoms with Gasteiger partial charge in [0.2, 0.25) is 0 Å². The molecule has 0 saturated heterocycles. The third-order valence-corrected chi connectivity index (χ3v) is 7.61. The summed E-state index contributed by atoms with van der Waals surface area (Å²) in [6, 6.07) is 12.7. The van der Waals surface area contributed by atoms with Crippen LogP contribution in [0.2, 0.25) is 0 Å². The van der Waals surface area contributed by atoms with E-state index in [-0.39, 0.29) is 12.2 Å². The summed E-state index contributed by atoms with van der Waals surface area (Å²) >= 11 is 4.36. The molecular formula is C24H20N6OS3. The second kappa shape index (κ2) is 11.2. The Morgan fingerprint density at radius 1 is 1.06 bits per heavy atom. The SMILES string of the molecule is Cc1ccc(-c2nc(CSc3nc(NCCCO)c(C#N)c(-c4nccs4)c3C#N)cs2)cc1. The fraction of sp³-hybridized carbons (Fsp3) is 0.208. The lowest BCUT2D eigenvalue weighted by atomic mass is 10.1. The predicted octanol–water partition coefficient (Wildman–Crippen LogP) is 5.47. The molecule has 7 nitrogen and oxygen atoms in total. The van der Waals surface area contributed by atoms with Crippen LogP contribution in [0.4, 0.5) is 5.82 Å². The number of anilines is 1. The van der Waals surface area contributed by atoms with Gasteiger partial charge in [-0.3, -0.25) is 0 Å². The highest BCUT2D eigenvalue weighted by Gasteiger charge is 2.23. The van der Waals surface area contributed by atoms with E-state index in [4.69, 9.17) is 10.1 Å². The number of nitrogens with zero attached hydrogens (tertiary/aromatic N) is 5. The van der Waals surface area contributed by atoms with Crippen LogP contribution >= 0.6 is 34.4 Å². The van der Waals surface area contributed by atoms with Crippen LogP contribution in [0.25, 0.3) is 21.1 Å². The lowest BCUT2D eigenvalue weighted by molar-refractivity contribution is 0.292. The Balaban J connectivity index is 1.66. The van der Waals surface area contributed by atoms with Gasteiger partial charge in [0.1, 0.15) is 38.6 Å². The molecule has 0 aliphatic carbocycles. The smallest absolute Gasteiger partial charge is 0.146 e. The molecule has 0 spiro atoms. The largest absolute Gasteiger partial charge is 0.396 e. The topological polar surface area (TPSA) is 119 Å². The molecule has 4 aromatic rings. The van der Waals surface area contributed by atoms with Gasteiger partial charge in [-0.2, -0.15) is 10.5 Å². The summed E-state index contributed by atoms with van der Waals surface area (Å²) in [5.41, 5.74) is 4.27. The summed E-state index contributed by atoms with van der Waals surface area (Å²) in [5.74, 6) is 0.921. The lowest BCUT2D eigenvalue weighted by Gasteiger charge is -2.14. The highest BCUT2D eigenvalue weighted by molar-refractivity contribution is 7.98. The summed E-state index contributed by atoms with van der Waals surface area (Å²) in [6.45, 7) is 2.54. The number of benzene rings is 1. The molecule has 0 amide bonds. The minimum absolute atomic E-state index is 0.0270. The number of aromatic nitrogens is 3. The molecule has 1 aromatic carbocycles. The standard InChI is InChI=1S/C24H20N6OS3/c1-15-3-5-16(6-4-15)22-29-17(13-33-22)14-34-23-19(12-26)20(24-28-8-10-32-24)18(11-25)21(30-23)27-7-2-9-31/h3-6,8,10,13,31H,2,7,9,14H2,1H3,(H,27,30). The van der Waals surface area contributed by atoms with Crippen LogP contribution in [0.1, 0.15) is 28.8 Å². The number of thioether (sulfide) groups is 1. The van der Waals surface area contributed by atoms with Crippen molar-refractivity contribution in [1.82, 2.24) is 15.0 Å². The van der Waals surface area contributed by atoms with Gasteiger partial charge in [0.05, 0.1) is 16.8 Å². The van der Waals surface area contributed by atoms with E-state index in [9.17, 15) is 10.5 Å². The van der Waals surface area contributed by atoms with Crippen LogP contribution in [-0.2, 0) is 5.75 Å². The maximum atomic E-state index is 9.99. The van der Waals surface area contributed by atoms with Crippen LogP contribution in [0.15, 0.2) is 46.2 Å². The van der Waals surface area contributed by atoms with Crippen molar-refractivity contribution in [3.8, 4) is 33.3 Å². The first-order valence-corrected chi connectivity index (χ1v) is 13.2. The van der Waals surface area contributed by atoms with Crippen molar-refractivity contribution in [3.05, 3.63) is 63.6 Å². The van der Waals surface area contributed by atoms with Crippen molar-refractivity contribution in [2.24, 2.45) is 0 Å². The number of hydrogen-bond donors (Lipinski definition) is 2. The molecule has 34 heavy (non-hydrogen) atoms. The molecule has 0 atom stereocenters. The number of rotatable bonds is 9. The van der Waals surface area contributed by atoms with Crippen LogP contribution in [0.5, 0.6) is 0 Å². The van der Waals surface area contributed by atoms with E-state index < -0.39 is 0 Å². The van der Waals surface area contributed by atoms with E-state index in [1.807, 2.05) is 10.8 Å². The van der Waals surface area contributed by atoms with E-state index in [1.165, 1.54) is 28.7 Å². The predicted molar refractivity (Wildman–Crippen MR) is 137 cm³/mol. The molecule has 0 bridgehead atoms. The molecule has 0 aliphatic rings. The zero-order valence-corrected chi connectivity index (χ0v) is 20.7. The van der Waals surface area contributed by atoms with Crippen molar-refractivity contribution in [1.29, 1.82) is 10.5 Å². The lowest BCUT2D eigenvalue weighted by Crippen LogP contribution is -2.09. The van der Waals surface area contributed by atoms with Crippen molar-refractivity contribution in [2.75, 3.05) is 18.5 Å². The summed E-state index contributed by atoms with van der Waals surface area (Å²) < 4.78 is 0. The second-order valence-electron chi connectivity index (χ2n) is 7.25. The van der Waals surface area contributed by atoms with Crippen LogP contribution in [0.3, 0.4) is 0 Å². The second-order valence-corrected chi connectivity index (χ2v) is 9.97. The Morgan fingerprint density at radius 2 is 1.85 bits per heavy atom. The Bertz CT molecular complexity index is 1350. The van der Waals surface area contributed by atoms with Gasteiger partial charge in [-0.15, -0.1) is 22.7 Å². The number of pyridine rings is 1. The Morgan fingerprint density at radius 3 is 2.53 bits per heavy atom. The molecule has 0 aliphatic heterocycles. The summed E-state index contributed by atoms with van der Waals surface area (Å²) in [6.07, 6.45) is 2.17. The third-order valence-electron chi connectivity index (χ3n) is 4.87. The first kappa shape index (κ1) is 23.9. The third kappa shape index (κ3) is 5.27. The molecule has 0 saturated carbocycles. The van der Waals surface area contributed by atoms with Gasteiger partial charge >= 0.3 is 0 Å². The molecule has 0 radical (unpaired) electrons. The van der Waals surface area contributed by atoms with Gasteiger partial charge < -0.3 is 10.4 Å². The number of aliphatic hydroxyl groups is 1. The Kier molecular flexibility index (Phi) is 7.88. The van der Waals surface area contributed by atoms with E-state index in [2.05, 4.69) is 58.6 Å². The van der Waals surface area contributed by atoms with Crippen molar-refractivity contribution >= 4 is 40.3 Å². The van der Waals surface area contributed by atoms with E-state index in [0.29, 0.717) is 45.7 Å². The van der Waals surface area contributed by atoms with Crippen molar-refractivity contribution in [3.63, 3.8) is 0 Å². The molecule has 2 N–H and O–H groups in total. The summed E-state index contributed by atoms with van der Waals surface area (Å²) in [4.78, 5) is 13.7. The average Bonchev–Trinajstić information content (AvgIpc) is 3.55. The van der Waals surface area contributed by atoms with E-state index in [1.54, 1.807) is 17.5 Å². The quantitative estimate of drug-likeness (QED) is 0.228. The summed E-state index contributed by atoms with van der Waals surface area (Å²) in [5, 5.41) is 38.0. The highest BCUT2D eigenvalue weighted by Crippen LogP contribution is 2.38. The number of aliphatic hydroxyl groups excluding tert-OH is 1. The van der Waals surface area contributed by atoms with Gasteiger partial charge in [-0.05, 0) is 13.3 Å². The number of hydrogen-bond acceptors (Lipinski definition) is 10. The monoisotopic (exact) mass is 504 g/mol. The van der Waals surface area contributed by atoms with Gasteiger partial charge in [0.25, 0.3) is 0 Å². The Labute approximate surface area is 209 Å². The molecular weight excluding hydrogens is 485 g/mol. The number of thiazole rings is 2. The van der Waals surface area contributed by atoms with Crippen LogP contribution < -0.4 is 5.32 Å². The molecule has 170 valence electrons. The van der Waals surface area contributed by atoms with Crippen molar-refractivity contribution in [2.45, 2.75) is 24.1 Å². The molecule has 3 aromatic heterocycles. The summed E-state index contributed by atoms with van der Waals surface area (Å²) in [7, 11) is 0. The maximum Gasteiger partial charge on any atom is 0.146 e. The fourth-order valence-electron chi connectivity index (χ4n) is 3.20. The molecule has 0 unspecified atom stereocenters. The first-order valence-electron chi connectivity index (χ1n) is 10.4. The van der Waals surface area contributed by atoms with Gasteiger partial charge in [0.15, 0.2) is 0 Å². The van der Waals surface area contributed by atoms with E-state index >= 15 is 0 Å². The maximum absolute atomic E-state index is 9.99. The first-order chi connectivity index (χ1) is 16.6. The van der Waals surface area contributed by atoms with Gasteiger partial charge in [-0.25, -0.2) is 15.0 Å². The zero-order valence-electron chi connectivity index (χ0n) is 18.3. The average molecular weight is 505 g/mol. The van der Waals surface area contributed by atoms with Crippen LogP contribution in [0, 0.1) is 29.6 Å². The molecule has 0 fully saturated rings. The fourth-order valence-corrected chi connectivity index (χ4v) is 5.71. The molecule has 4 rings (SSSR count). The Hall–Kier alpha value is -3.28. The van der Waals surface area contributed by atoms with Crippen LogP contribution in [-0.4, -0.2) is 33.2 Å². The minimum atomic E-state index is 0.0270. The number of aryl methyl sites for hydroxylation is 1. The van der Waals surface area contributed by atoms with Gasteiger partial charge in [0, 0.05) is 41.4 Å². The number of nitrogens with one attached hydrogen (secondary N) is 1. The minimum Gasteiger partial charge on any atom is -0.396 e. The highest BCUT2D eigenvalue weighted by atomic mass is 32.2. The molecule has 10 heteroatoms. The van der Waals surface area contributed by atoms with E-state index in [0.717, 1.165) is 16.3 Å². The van der Waals surface area contributed by atoms with Gasteiger partial charge in [-0.1, -0.05) is 41.6 Å². The zero-order chi connectivity index (χ0) is 23.9. The number of nitriles is 2. The van der Waals surface area contributed by atoms with Crippen molar-refractivity contribution < 1.29 is 5.11 Å². The molecule has 3 heterocycles.